The van der Waals surface area contributed by atoms with Crippen molar-refractivity contribution < 1.29 is 4.39 Å². The molecule has 2 rings (SSSR count). The number of rotatable bonds is 6. The smallest absolute Gasteiger partial charge is 0.137 e. The number of aryl methyl sites for hydroxylation is 1. The first-order valence-electron chi connectivity index (χ1n) is 7.23. The Kier molecular flexibility index (Phi) is 5.95. The minimum atomic E-state index is -0.189. The van der Waals surface area contributed by atoms with Crippen LogP contribution in [0, 0.1) is 18.7 Å². The van der Waals surface area contributed by atoms with E-state index in [4.69, 9.17) is 0 Å². The molecule has 0 spiro atoms. The summed E-state index contributed by atoms with van der Waals surface area (Å²) in [6.45, 7) is 3.02. The molecule has 0 heterocycles. The van der Waals surface area contributed by atoms with E-state index >= 15 is 0 Å². The predicted octanol–water partition coefficient (Wildman–Crippen LogP) is 4.52. The Morgan fingerprint density at radius 2 is 1.90 bits per heavy atom. The molecule has 0 fully saturated rings. The van der Waals surface area contributed by atoms with Gasteiger partial charge in [-0.1, -0.05) is 42.0 Å². The van der Waals surface area contributed by atoms with Crippen LogP contribution in [0.25, 0.3) is 0 Å². The highest BCUT2D eigenvalue weighted by Gasteiger charge is 2.13. The summed E-state index contributed by atoms with van der Waals surface area (Å²) in [5.41, 5.74) is 3.65. The molecule has 0 saturated heterocycles. The van der Waals surface area contributed by atoms with Crippen LogP contribution in [0.5, 0.6) is 0 Å². The number of hydrogen-bond acceptors (Lipinski definition) is 1. The van der Waals surface area contributed by atoms with Crippen molar-refractivity contribution in [2.24, 2.45) is 5.92 Å². The maximum atomic E-state index is 13.6. The number of benzene rings is 2. The molecule has 0 amide bonds. The van der Waals surface area contributed by atoms with Crippen LogP contribution in [0.1, 0.15) is 16.7 Å². The van der Waals surface area contributed by atoms with E-state index in [-0.39, 0.29) is 5.82 Å². The van der Waals surface area contributed by atoms with E-state index in [0.29, 0.717) is 10.4 Å². The molecular formula is C18H21BrFN. The van der Waals surface area contributed by atoms with Gasteiger partial charge in [0.25, 0.3) is 0 Å². The standard InChI is InChI=1S/C18H21BrFN/c1-13-5-3-6-14(9-13)10-15(12-21-2)11-16-7-4-8-17(20)18(16)19/h3-9,15,21H,10-12H2,1-2H3. The van der Waals surface area contributed by atoms with Gasteiger partial charge in [0.1, 0.15) is 5.82 Å². The van der Waals surface area contributed by atoms with Gasteiger partial charge in [0, 0.05) is 0 Å². The largest absolute Gasteiger partial charge is 0.319 e. The Bertz CT molecular complexity index is 598. The zero-order chi connectivity index (χ0) is 15.2. The third-order valence-electron chi connectivity index (χ3n) is 3.64. The molecule has 0 radical (unpaired) electrons. The fourth-order valence-corrected chi connectivity index (χ4v) is 3.12. The van der Waals surface area contributed by atoms with Crippen LogP contribution in [0.3, 0.4) is 0 Å². The number of halogens is 2. The van der Waals surface area contributed by atoms with Crippen molar-refractivity contribution in [3.8, 4) is 0 Å². The molecule has 0 aromatic heterocycles. The van der Waals surface area contributed by atoms with Crippen molar-refractivity contribution in [1.29, 1.82) is 0 Å². The Labute approximate surface area is 134 Å². The monoisotopic (exact) mass is 349 g/mol. The highest BCUT2D eigenvalue weighted by molar-refractivity contribution is 9.10. The van der Waals surface area contributed by atoms with Gasteiger partial charge in [0.2, 0.25) is 0 Å². The minimum absolute atomic E-state index is 0.189. The summed E-state index contributed by atoms with van der Waals surface area (Å²) in [5.74, 6) is 0.251. The molecule has 0 aliphatic carbocycles. The van der Waals surface area contributed by atoms with Gasteiger partial charge >= 0.3 is 0 Å². The molecule has 0 saturated carbocycles. The molecule has 112 valence electrons. The zero-order valence-corrected chi connectivity index (χ0v) is 14.1. The Balaban J connectivity index is 2.13. The summed E-state index contributed by atoms with van der Waals surface area (Å²) in [7, 11) is 1.96. The van der Waals surface area contributed by atoms with E-state index < -0.39 is 0 Å². The van der Waals surface area contributed by atoms with Crippen molar-refractivity contribution >= 4 is 15.9 Å². The van der Waals surface area contributed by atoms with Crippen molar-refractivity contribution in [2.75, 3.05) is 13.6 Å². The molecular weight excluding hydrogens is 329 g/mol. The Hall–Kier alpha value is -1.19. The van der Waals surface area contributed by atoms with Crippen LogP contribution in [0.2, 0.25) is 0 Å². The van der Waals surface area contributed by atoms with Crippen molar-refractivity contribution in [3.05, 3.63) is 69.4 Å². The maximum Gasteiger partial charge on any atom is 0.137 e. The van der Waals surface area contributed by atoms with Crippen LogP contribution < -0.4 is 5.32 Å². The van der Waals surface area contributed by atoms with Gasteiger partial charge in [-0.2, -0.15) is 0 Å². The van der Waals surface area contributed by atoms with E-state index in [0.717, 1.165) is 24.9 Å². The van der Waals surface area contributed by atoms with Crippen molar-refractivity contribution in [1.82, 2.24) is 5.32 Å². The van der Waals surface area contributed by atoms with Gasteiger partial charge in [0.05, 0.1) is 4.47 Å². The van der Waals surface area contributed by atoms with Crippen LogP contribution >= 0.6 is 15.9 Å². The van der Waals surface area contributed by atoms with Gasteiger partial charge in [-0.15, -0.1) is 0 Å². The van der Waals surface area contributed by atoms with E-state index in [1.807, 2.05) is 13.1 Å². The van der Waals surface area contributed by atoms with Crippen LogP contribution in [-0.2, 0) is 12.8 Å². The molecule has 2 aromatic rings. The van der Waals surface area contributed by atoms with E-state index in [1.165, 1.54) is 17.2 Å². The molecule has 2 aromatic carbocycles. The SMILES string of the molecule is CNCC(Cc1cccc(C)c1)Cc1cccc(F)c1Br. The minimum Gasteiger partial charge on any atom is -0.319 e. The molecule has 1 unspecified atom stereocenters. The summed E-state index contributed by atoms with van der Waals surface area (Å²) >= 11 is 3.36. The first kappa shape index (κ1) is 16.2. The Morgan fingerprint density at radius 1 is 1.14 bits per heavy atom. The average Bonchev–Trinajstić information content (AvgIpc) is 2.44. The van der Waals surface area contributed by atoms with Crippen LogP contribution in [0.15, 0.2) is 46.9 Å². The fourth-order valence-electron chi connectivity index (χ4n) is 2.69. The Morgan fingerprint density at radius 3 is 2.62 bits per heavy atom. The third-order valence-corrected chi connectivity index (χ3v) is 4.53. The molecule has 0 bridgehead atoms. The first-order chi connectivity index (χ1) is 10.1. The summed E-state index contributed by atoms with van der Waals surface area (Å²) in [6, 6.07) is 13.9. The molecule has 1 N–H and O–H groups in total. The summed E-state index contributed by atoms with van der Waals surface area (Å²) in [6.07, 6.45) is 1.85. The topological polar surface area (TPSA) is 12.0 Å². The quantitative estimate of drug-likeness (QED) is 0.808. The lowest BCUT2D eigenvalue weighted by molar-refractivity contribution is 0.490. The summed E-state index contributed by atoms with van der Waals surface area (Å²) < 4.78 is 14.2. The normalized spacial score (nSPS) is 12.4. The van der Waals surface area contributed by atoms with Gasteiger partial charge in [-0.05, 0) is 72.4 Å². The number of hydrogen-bond donors (Lipinski definition) is 1. The number of nitrogens with one attached hydrogen (secondary N) is 1. The lowest BCUT2D eigenvalue weighted by Crippen LogP contribution is -2.23. The van der Waals surface area contributed by atoms with Gasteiger partial charge in [0.15, 0.2) is 0 Å². The van der Waals surface area contributed by atoms with E-state index in [9.17, 15) is 4.39 Å². The zero-order valence-electron chi connectivity index (χ0n) is 12.5. The molecule has 1 atom stereocenters. The molecule has 0 aliphatic heterocycles. The second kappa shape index (κ2) is 7.71. The molecule has 0 aliphatic rings. The van der Waals surface area contributed by atoms with E-state index in [2.05, 4.69) is 52.4 Å². The summed E-state index contributed by atoms with van der Waals surface area (Å²) in [4.78, 5) is 0. The van der Waals surface area contributed by atoms with Crippen molar-refractivity contribution in [3.63, 3.8) is 0 Å². The molecule has 21 heavy (non-hydrogen) atoms. The molecule has 1 nitrogen and oxygen atoms in total. The third kappa shape index (κ3) is 4.65. The van der Waals surface area contributed by atoms with Gasteiger partial charge in [-0.25, -0.2) is 4.39 Å². The van der Waals surface area contributed by atoms with Crippen molar-refractivity contribution in [2.45, 2.75) is 19.8 Å². The van der Waals surface area contributed by atoms with Gasteiger partial charge in [-0.3, -0.25) is 0 Å². The van der Waals surface area contributed by atoms with E-state index in [1.54, 1.807) is 6.07 Å². The second-order valence-electron chi connectivity index (χ2n) is 5.53. The first-order valence-corrected chi connectivity index (χ1v) is 8.02. The lowest BCUT2D eigenvalue weighted by Gasteiger charge is -2.18. The highest BCUT2D eigenvalue weighted by atomic mass is 79.9. The van der Waals surface area contributed by atoms with Crippen LogP contribution in [-0.4, -0.2) is 13.6 Å². The lowest BCUT2D eigenvalue weighted by atomic mass is 9.92. The molecule has 3 heteroatoms. The highest BCUT2D eigenvalue weighted by Crippen LogP contribution is 2.24. The van der Waals surface area contributed by atoms with Gasteiger partial charge < -0.3 is 5.32 Å². The average molecular weight is 350 g/mol. The maximum absolute atomic E-state index is 13.6. The summed E-state index contributed by atoms with van der Waals surface area (Å²) in [5, 5.41) is 3.25. The fraction of sp³-hybridized carbons (Fsp3) is 0.333. The predicted molar refractivity (Wildman–Crippen MR) is 90.1 cm³/mol. The van der Waals surface area contributed by atoms with Crippen LogP contribution in [0.4, 0.5) is 4.39 Å². The second-order valence-corrected chi connectivity index (χ2v) is 6.33.